The minimum atomic E-state index is -1.21. The van der Waals surface area contributed by atoms with Gasteiger partial charge in [0, 0.05) is 12.1 Å². The molecule has 1 aromatic heterocycles. The van der Waals surface area contributed by atoms with Crippen molar-refractivity contribution in [3.63, 3.8) is 0 Å². The zero-order chi connectivity index (χ0) is 22.9. The number of benzene rings is 2. The first-order valence-corrected chi connectivity index (χ1v) is 9.97. The lowest BCUT2D eigenvalue weighted by Crippen LogP contribution is -2.32. The lowest BCUT2D eigenvalue weighted by Gasteiger charge is -2.14. The summed E-state index contributed by atoms with van der Waals surface area (Å²) in [7, 11) is 1.70. The molecule has 10 heteroatoms. The highest BCUT2D eigenvalue weighted by atomic mass is 35.5. The third-order valence-electron chi connectivity index (χ3n) is 4.77. The number of nitrogens with zero attached hydrogens (tertiary/aromatic N) is 2. The largest absolute Gasteiger partial charge is 0.449 e. The van der Waals surface area contributed by atoms with Crippen molar-refractivity contribution < 1.29 is 14.3 Å². The maximum atomic E-state index is 12.9. The number of nitrogens with one attached hydrogen (secondary N) is 1. The van der Waals surface area contributed by atoms with Gasteiger partial charge >= 0.3 is 5.97 Å². The molecule has 0 aliphatic heterocycles. The molecule has 1 heterocycles. The molecule has 0 aliphatic rings. The zero-order valence-electron chi connectivity index (χ0n) is 17.0. The van der Waals surface area contributed by atoms with Crippen LogP contribution in [0.15, 0.2) is 47.3 Å². The molecule has 0 fully saturated rings. The van der Waals surface area contributed by atoms with Crippen LogP contribution < -0.4 is 16.6 Å². The number of carbonyl (C=O) groups excluding carboxylic acids is 2. The molecule has 31 heavy (non-hydrogen) atoms. The van der Waals surface area contributed by atoms with Gasteiger partial charge in [-0.25, -0.2) is 9.48 Å². The van der Waals surface area contributed by atoms with Gasteiger partial charge in [0.1, 0.15) is 5.69 Å². The molecule has 3 N–H and O–H groups in total. The van der Waals surface area contributed by atoms with Gasteiger partial charge in [0.05, 0.1) is 27.7 Å². The topological polar surface area (TPSA) is 108 Å². The molecular weight excluding hydrogens is 443 g/mol. The molecule has 0 spiro atoms. The fourth-order valence-electron chi connectivity index (χ4n) is 2.97. The van der Waals surface area contributed by atoms with Crippen LogP contribution in [-0.4, -0.2) is 27.3 Å². The van der Waals surface area contributed by atoms with E-state index >= 15 is 0 Å². The number of nitrogens with two attached hydrogens (primary N) is 1. The normalized spacial score (nSPS) is 11.8. The summed E-state index contributed by atoms with van der Waals surface area (Å²) in [5.74, 6) is -1.54. The second kappa shape index (κ2) is 8.87. The van der Waals surface area contributed by atoms with Gasteiger partial charge < -0.3 is 15.8 Å². The first kappa shape index (κ1) is 22.5. The molecule has 0 bridgehead atoms. The lowest BCUT2D eigenvalue weighted by molar-refractivity contribution is -0.123. The molecule has 0 saturated heterocycles. The Morgan fingerprint density at radius 1 is 1.16 bits per heavy atom. The second-order valence-electron chi connectivity index (χ2n) is 6.82. The molecule has 0 radical (unpaired) electrons. The minimum absolute atomic E-state index is 0.00618. The molecular formula is C21H20Cl2N4O4. The van der Waals surface area contributed by atoms with Crippen molar-refractivity contribution in [2.24, 2.45) is 7.05 Å². The first-order chi connectivity index (χ1) is 14.6. The van der Waals surface area contributed by atoms with Crippen molar-refractivity contribution in [1.82, 2.24) is 9.36 Å². The number of rotatable bonds is 5. The van der Waals surface area contributed by atoms with E-state index in [0.717, 1.165) is 0 Å². The van der Waals surface area contributed by atoms with Gasteiger partial charge in [0.15, 0.2) is 6.10 Å². The highest BCUT2D eigenvalue weighted by molar-refractivity contribution is 6.37. The van der Waals surface area contributed by atoms with Gasteiger partial charge in [-0.2, -0.15) is 0 Å². The highest BCUT2D eigenvalue weighted by Crippen LogP contribution is 2.28. The molecule has 3 rings (SSSR count). The van der Waals surface area contributed by atoms with E-state index in [4.69, 9.17) is 33.7 Å². The fourth-order valence-corrected chi connectivity index (χ4v) is 3.46. The predicted octanol–water partition coefficient (Wildman–Crippen LogP) is 3.56. The molecule has 2 aromatic carbocycles. The first-order valence-electron chi connectivity index (χ1n) is 9.22. The van der Waals surface area contributed by atoms with Crippen molar-refractivity contribution in [2.45, 2.75) is 20.0 Å². The van der Waals surface area contributed by atoms with Gasteiger partial charge in [-0.1, -0.05) is 41.4 Å². The Labute approximate surface area is 188 Å². The number of para-hydroxylation sites is 1. The van der Waals surface area contributed by atoms with Crippen molar-refractivity contribution in [3.8, 4) is 5.69 Å². The average molecular weight is 463 g/mol. The number of hydrogen-bond donors (Lipinski definition) is 2. The maximum absolute atomic E-state index is 12.9. The van der Waals surface area contributed by atoms with Crippen LogP contribution in [0.1, 0.15) is 23.0 Å². The lowest BCUT2D eigenvalue weighted by atomic mass is 10.2. The SMILES string of the molecule is Cc1c(NC(=O)C(C)OC(=O)c2cc(Cl)cc(Cl)c2N)c(=O)n(-c2ccccc2)n1C. The maximum Gasteiger partial charge on any atom is 0.341 e. The molecule has 1 amide bonds. The predicted molar refractivity (Wildman–Crippen MR) is 120 cm³/mol. The van der Waals surface area contributed by atoms with Crippen LogP contribution in [0.3, 0.4) is 0 Å². The summed E-state index contributed by atoms with van der Waals surface area (Å²) < 4.78 is 8.25. The van der Waals surface area contributed by atoms with Gasteiger partial charge in [-0.3, -0.25) is 14.3 Å². The van der Waals surface area contributed by atoms with Crippen LogP contribution in [0, 0.1) is 6.92 Å². The van der Waals surface area contributed by atoms with Crippen molar-refractivity contribution in [2.75, 3.05) is 11.1 Å². The Balaban J connectivity index is 1.81. The number of anilines is 2. The van der Waals surface area contributed by atoms with Crippen LogP contribution in [0.25, 0.3) is 5.69 Å². The van der Waals surface area contributed by atoms with Crippen LogP contribution in [0.2, 0.25) is 10.0 Å². The quantitative estimate of drug-likeness (QED) is 0.445. The van der Waals surface area contributed by atoms with E-state index in [1.54, 1.807) is 42.9 Å². The molecule has 1 unspecified atom stereocenters. The number of amides is 1. The summed E-state index contributed by atoms with van der Waals surface area (Å²) in [5, 5.41) is 2.84. The smallest absolute Gasteiger partial charge is 0.341 e. The van der Waals surface area contributed by atoms with Crippen molar-refractivity contribution in [3.05, 3.63) is 74.1 Å². The Hall–Kier alpha value is -3.23. The summed E-state index contributed by atoms with van der Waals surface area (Å²) >= 11 is 11.8. The second-order valence-corrected chi connectivity index (χ2v) is 7.67. The standard InChI is InChI=1S/C21H20Cl2N4O4/c1-11-18(20(29)27(26(11)3)14-7-5-4-6-8-14)25-19(28)12(2)31-21(30)15-9-13(22)10-16(23)17(15)24/h4-10,12H,24H2,1-3H3,(H,25,28). The van der Waals surface area contributed by atoms with Crippen molar-refractivity contribution >= 4 is 46.5 Å². The highest BCUT2D eigenvalue weighted by Gasteiger charge is 2.25. The van der Waals surface area contributed by atoms with Gasteiger partial charge in [0.25, 0.3) is 11.5 Å². The van der Waals surface area contributed by atoms with Gasteiger partial charge in [-0.05, 0) is 38.1 Å². The van der Waals surface area contributed by atoms with Crippen molar-refractivity contribution in [1.29, 1.82) is 0 Å². The average Bonchev–Trinajstić information content (AvgIpc) is 2.94. The zero-order valence-corrected chi connectivity index (χ0v) is 18.5. The van der Waals surface area contributed by atoms with E-state index in [1.807, 2.05) is 6.07 Å². The summed E-state index contributed by atoms with van der Waals surface area (Å²) in [4.78, 5) is 38.0. The Bertz CT molecular complexity index is 1220. The Morgan fingerprint density at radius 3 is 2.45 bits per heavy atom. The van der Waals surface area contributed by atoms with Gasteiger partial charge in [0.2, 0.25) is 0 Å². The number of halogens is 2. The van der Waals surface area contributed by atoms with Crippen LogP contribution in [-0.2, 0) is 16.6 Å². The number of esters is 1. The number of ether oxygens (including phenoxy) is 1. The Morgan fingerprint density at radius 2 is 1.81 bits per heavy atom. The molecule has 3 aromatic rings. The molecule has 8 nitrogen and oxygen atoms in total. The summed E-state index contributed by atoms with van der Waals surface area (Å²) in [5.41, 5.74) is 6.59. The van der Waals surface area contributed by atoms with Crippen LogP contribution in [0.4, 0.5) is 11.4 Å². The van der Waals surface area contributed by atoms with E-state index in [1.165, 1.54) is 23.7 Å². The van der Waals surface area contributed by atoms with E-state index < -0.39 is 23.5 Å². The number of nitrogen functional groups attached to an aromatic ring is 1. The number of aromatic nitrogens is 2. The third-order valence-corrected chi connectivity index (χ3v) is 5.30. The van der Waals surface area contributed by atoms with E-state index in [0.29, 0.717) is 11.4 Å². The summed E-state index contributed by atoms with van der Waals surface area (Å²) in [6, 6.07) is 11.7. The molecule has 162 valence electrons. The summed E-state index contributed by atoms with van der Waals surface area (Å²) in [6.07, 6.45) is -1.21. The third kappa shape index (κ3) is 4.45. The molecule has 0 saturated carbocycles. The molecule has 1 atom stereocenters. The van der Waals surface area contributed by atoms with Crippen LogP contribution in [0.5, 0.6) is 0 Å². The Kier molecular flexibility index (Phi) is 6.42. The van der Waals surface area contributed by atoms with E-state index in [9.17, 15) is 14.4 Å². The van der Waals surface area contributed by atoms with Gasteiger partial charge in [-0.15, -0.1) is 0 Å². The monoisotopic (exact) mass is 462 g/mol. The van der Waals surface area contributed by atoms with Crippen LogP contribution >= 0.6 is 23.2 Å². The van der Waals surface area contributed by atoms with E-state index in [2.05, 4.69) is 5.32 Å². The summed E-state index contributed by atoms with van der Waals surface area (Å²) in [6.45, 7) is 3.07. The molecule has 0 aliphatic carbocycles. The van der Waals surface area contributed by atoms with E-state index in [-0.39, 0.29) is 27.0 Å². The number of hydrogen-bond acceptors (Lipinski definition) is 5. The fraction of sp³-hybridized carbons (Fsp3) is 0.190. The number of carbonyl (C=O) groups is 2. The minimum Gasteiger partial charge on any atom is -0.449 e.